The van der Waals surface area contributed by atoms with Crippen LogP contribution in [0.2, 0.25) is 0 Å². The zero-order valence-electron chi connectivity index (χ0n) is 13.2. The second-order valence-corrected chi connectivity index (χ2v) is 2.76. The number of aromatic nitrogens is 4. The first-order chi connectivity index (χ1) is 9.12. The Kier molecular flexibility index (Phi) is 0.875. The molecule has 0 aromatic carbocycles. The van der Waals surface area contributed by atoms with Gasteiger partial charge in [0, 0.05) is 22.5 Å². The summed E-state index contributed by atoms with van der Waals surface area (Å²) >= 11 is 2.95. The van der Waals surface area contributed by atoms with E-state index in [-0.39, 0.29) is 10.6 Å². The van der Waals surface area contributed by atoms with Gasteiger partial charge in [0.2, 0.25) is 0 Å². The zero-order valence-corrected chi connectivity index (χ0v) is 7.75. The van der Waals surface area contributed by atoms with Gasteiger partial charge in [-0.3, -0.25) is 0 Å². The van der Waals surface area contributed by atoms with Crippen molar-refractivity contribution in [1.82, 2.24) is 19.7 Å². The van der Waals surface area contributed by atoms with Crippen LogP contribution in [0, 0.1) is 6.85 Å². The molecule has 0 bridgehead atoms. The Morgan fingerprint density at radius 3 is 3.31 bits per heavy atom. The van der Waals surface area contributed by atoms with Crippen LogP contribution in [0.5, 0.6) is 0 Å². The third-order valence-corrected chi connectivity index (χ3v) is 1.55. The van der Waals surface area contributed by atoms with Crippen LogP contribution >= 0.6 is 15.9 Å². The van der Waals surface area contributed by atoms with Crippen molar-refractivity contribution in [1.29, 1.82) is 0 Å². The van der Waals surface area contributed by atoms with Crippen molar-refractivity contribution in [2.45, 2.75) is 6.85 Å². The molecule has 0 amide bonds. The molecule has 0 atom stereocenters. The lowest BCUT2D eigenvalue weighted by molar-refractivity contribution is 0.820. The molecule has 0 spiro atoms. The van der Waals surface area contributed by atoms with Crippen LogP contribution in [0.4, 0.5) is 0 Å². The first-order valence-electron chi connectivity index (χ1n) is 6.70. The molecule has 0 unspecified atom stereocenters. The summed E-state index contributed by atoms with van der Waals surface area (Å²) in [7, 11) is 0. The lowest BCUT2D eigenvalue weighted by Gasteiger charge is -1.98. The van der Waals surface area contributed by atoms with Gasteiger partial charge in [-0.1, -0.05) is 0 Å². The van der Waals surface area contributed by atoms with Crippen LogP contribution in [-0.2, 0) is 0 Å². The van der Waals surface area contributed by atoms with Crippen LogP contribution in [0.3, 0.4) is 0 Å². The molecular weight excluding hydrogens is 232 g/mol. The molecular formula is C8H7BrN4. The predicted molar refractivity (Wildman–Crippen MR) is 51.6 cm³/mol. The summed E-state index contributed by atoms with van der Waals surface area (Å²) in [5, 5.41) is 3.66. The summed E-state index contributed by atoms with van der Waals surface area (Å²) in [6, 6.07) is -0.980. The van der Waals surface area contributed by atoms with Crippen molar-refractivity contribution in [2.75, 3.05) is 0 Å². The highest BCUT2D eigenvalue weighted by atomic mass is 79.9. The molecule has 0 fully saturated rings. The van der Waals surface area contributed by atoms with Crippen molar-refractivity contribution in [3.05, 3.63) is 34.9 Å². The number of aryl methyl sites for hydroxylation is 1. The first-order valence-corrected chi connectivity index (χ1v) is 4.00. The quantitative estimate of drug-likeness (QED) is 0.720. The fraction of sp³-hybridized carbons (Fsp3) is 0.125. The molecule has 0 N–H and O–H groups in total. The Labute approximate surface area is 93.6 Å². The number of rotatable bonds is 1. The van der Waals surface area contributed by atoms with Crippen molar-refractivity contribution < 1.29 is 9.60 Å². The monoisotopic (exact) mass is 245 g/mol. The number of hydrogen-bond acceptors (Lipinski definition) is 3. The van der Waals surface area contributed by atoms with E-state index in [4.69, 9.17) is 9.60 Å². The molecule has 0 saturated heterocycles. The number of halogens is 1. The number of hydrogen-bond donors (Lipinski definition) is 0. The lowest BCUT2D eigenvalue weighted by atomic mass is 10.5. The Hall–Kier alpha value is -1.23. The van der Waals surface area contributed by atoms with Gasteiger partial charge in [0.1, 0.15) is 0 Å². The Bertz CT molecular complexity index is 680. The van der Waals surface area contributed by atoms with E-state index in [0.29, 0.717) is 0 Å². The second kappa shape index (κ2) is 3.26. The van der Waals surface area contributed by atoms with Crippen LogP contribution in [0.25, 0.3) is 5.82 Å². The molecule has 2 aromatic rings. The van der Waals surface area contributed by atoms with Gasteiger partial charge in [0.15, 0.2) is 10.6 Å². The Morgan fingerprint density at radius 1 is 1.62 bits per heavy atom. The van der Waals surface area contributed by atoms with Crippen LogP contribution in [0.1, 0.15) is 15.3 Å². The minimum atomic E-state index is -2.64. The summed E-state index contributed by atoms with van der Waals surface area (Å²) in [6.45, 7) is -2.64. The highest BCUT2D eigenvalue weighted by Gasteiger charge is 1.99. The van der Waals surface area contributed by atoms with Crippen molar-refractivity contribution in [2.24, 2.45) is 0 Å². The minimum absolute atomic E-state index is 0.00497. The second-order valence-electron chi connectivity index (χ2n) is 2.05. The summed E-state index contributed by atoms with van der Waals surface area (Å²) < 4.78 is 53.0. The fourth-order valence-electron chi connectivity index (χ4n) is 0.721. The largest absolute Gasteiger partial charge is 0.231 e. The zero-order chi connectivity index (χ0) is 15.2. The van der Waals surface area contributed by atoms with Crippen molar-refractivity contribution in [3.63, 3.8) is 0 Å². The van der Waals surface area contributed by atoms with Crippen LogP contribution in [-0.4, -0.2) is 19.7 Å². The van der Waals surface area contributed by atoms with E-state index in [9.17, 15) is 0 Å². The molecule has 4 nitrogen and oxygen atoms in total. The maximum absolute atomic E-state index is 7.71. The maximum atomic E-state index is 7.71. The average molecular weight is 246 g/mol. The molecule has 13 heavy (non-hydrogen) atoms. The number of nitrogens with zero attached hydrogens (tertiary/aromatic N) is 4. The van der Waals surface area contributed by atoms with Crippen LogP contribution in [0.15, 0.2) is 29.2 Å². The summed E-state index contributed by atoms with van der Waals surface area (Å²) in [6.07, 6.45) is -0.923. The Balaban J connectivity index is 2.72. The van der Waals surface area contributed by atoms with Crippen molar-refractivity contribution in [3.8, 4) is 5.82 Å². The molecule has 0 saturated carbocycles. The van der Waals surface area contributed by atoms with Crippen LogP contribution < -0.4 is 0 Å². The molecule has 0 aliphatic heterocycles. The van der Waals surface area contributed by atoms with Gasteiger partial charge in [0.05, 0.1) is 11.2 Å². The third-order valence-electron chi connectivity index (χ3n) is 1.19. The van der Waals surface area contributed by atoms with E-state index in [1.807, 2.05) is 0 Å². The van der Waals surface area contributed by atoms with Gasteiger partial charge in [-0.15, -0.1) is 0 Å². The van der Waals surface area contributed by atoms with Gasteiger partial charge in [-0.05, 0) is 28.8 Å². The van der Waals surface area contributed by atoms with E-state index in [1.165, 1.54) is 0 Å². The molecule has 2 heterocycles. The van der Waals surface area contributed by atoms with Gasteiger partial charge < -0.3 is 0 Å². The van der Waals surface area contributed by atoms with E-state index in [2.05, 4.69) is 31.0 Å². The summed E-state index contributed by atoms with van der Waals surface area (Å²) in [5.41, 5.74) is -0.553. The lowest BCUT2D eigenvalue weighted by Crippen LogP contribution is -1.99. The SMILES string of the molecule is [2H]c1nc(Br)nc(-n2nc(C([2H])([2H])[2H])c([2H])c2[2H])c1[2H]. The van der Waals surface area contributed by atoms with E-state index < -0.39 is 37.0 Å². The van der Waals surface area contributed by atoms with Gasteiger partial charge >= 0.3 is 0 Å². The smallest absolute Gasteiger partial charge is 0.198 e. The molecule has 66 valence electrons. The first kappa shape index (κ1) is 3.49. The normalized spacial score (nSPS) is 19.0. The van der Waals surface area contributed by atoms with E-state index >= 15 is 0 Å². The third kappa shape index (κ3) is 1.75. The molecule has 0 aliphatic rings. The van der Waals surface area contributed by atoms with Gasteiger partial charge in [-0.2, -0.15) is 5.10 Å². The fourth-order valence-corrected chi connectivity index (χ4v) is 0.978. The van der Waals surface area contributed by atoms with Crippen molar-refractivity contribution >= 4 is 15.9 Å². The Morgan fingerprint density at radius 2 is 2.54 bits per heavy atom. The topological polar surface area (TPSA) is 43.6 Å². The predicted octanol–water partition coefficient (Wildman–Crippen LogP) is 1.73. The van der Waals surface area contributed by atoms with E-state index in [1.54, 1.807) is 0 Å². The molecule has 5 heteroatoms. The minimum Gasteiger partial charge on any atom is -0.231 e. The maximum Gasteiger partial charge on any atom is 0.198 e. The molecule has 0 aliphatic carbocycles. The molecule has 2 aromatic heterocycles. The highest BCUT2D eigenvalue weighted by molar-refractivity contribution is 9.10. The molecule has 0 radical (unpaired) electrons. The molecule has 2 rings (SSSR count). The van der Waals surface area contributed by atoms with Gasteiger partial charge in [0.25, 0.3) is 0 Å². The summed E-state index contributed by atoms with van der Waals surface area (Å²) in [5.74, 6) is -0.231. The highest BCUT2D eigenvalue weighted by Crippen LogP contribution is 2.06. The average Bonchev–Trinajstić information content (AvgIpc) is 2.61. The van der Waals surface area contributed by atoms with Gasteiger partial charge in [-0.25, -0.2) is 14.6 Å². The summed E-state index contributed by atoms with van der Waals surface area (Å²) in [4.78, 5) is 7.40. The standard InChI is InChI=1S/C8H7BrN4/c1-6-3-5-13(12-6)7-2-4-10-8(9)11-7/h2-5H,1H3/i1D3,2D,3D,4D,5D. The van der Waals surface area contributed by atoms with E-state index in [0.717, 1.165) is 4.68 Å².